The van der Waals surface area contributed by atoms with Gasteiger partial charge in [0.25, 0.3) is 0 Å². The maximum atomic E-state index is 11.9. The molecule has 0 saturated carbocycles. The third-order valence-corrected chi connectivity index (χ3v) is 7.39. The first-order chi connectivity index (χ1) is 21.4. The molecule has 0 saturated heterocycles. The van der Waals surface area contributed by atoms with Crippen LogP contribution in [0.4, 0.5) is 0 Å². The number of ether oxygens (including phenoxy) is 4. The molecule has 4 aromatic carbocycles. The molecule has 0 fully saturated rings. The first kappa shape index (κ1) is 32.7. The average molecular weight is 616 g/mol. The molecular weight excluding hydrogens is 578 g/mol. The normalized spacial score (nSPS) is 11.6. The van der Waals surface area contributed by atoms with Gasteiger partial charge in [0.15, 0.2) is 0 Å². The zero-order valence-corrected chi connectivity index (χ0v) is 25.9. The zero-order valence-electron chi connectivity index (χ0n) is 25.1. The van der Waals surface area contributed by atoms with Crippen molar-refractivity contribution in [3.8, 4) is 11.5 Å². The molecule has 0 aliphatic rings. The highest BCUT2D eigenvalue weighted by Gasteiger charge is 2.18. The van der Waals surface area contributed by atoms with Crippen molar-refractivity contribution in [1.82, 2.24) is 4.90 Å². The summed E-state index contributed by atoms with van der Waals surface area (Å²) in [6.45, 7) is 2.48. The minimum atomic E-state index is -0.363. The van der Waals surface area contributed by atoms with Crippen molar-refractivity contribution in [3.05, 3.63) is 130 Å². The van der Waals surface area contributed by atoms with E-state index < -0.39 is 0 Å². The van der Waals surface area contributed by atoms with E-state index in [9.17, 15) is 9.59 Å². The third-order valence-electron chi connectivity index (χ3n) is 7.13. The highest BCUT2D eigenvalue weighted by atomic mass is 35.5. The number of carbonyl (C=O) groups is 2. The molecule has 0 aromatic heterocycles. The summed E-state index contributed by atoms with van der Waals surface area (Å²) in [7, 11) is 2.79. The maximum absolute atomic E-state index is 11.9. The lowest BCUT2D eigenvalue weighted by atomic mass is 10.1. The minimum absolute atomic E-state index is 0.198. The van der Waals surface area contributed by atoms with Gasteiger partial charge in [-0.25, -0.2) is 4.79 Å². The van der Waals surface area contributed by atoms with Crippen LogP contribution in [0.2, 0.25) is 5.02 Å². The summed E-state index contributed by atoms with van der Waals surface area (Å²) >= 11 is 5.98. The van der Waals surface area contributed by atoms with Crippen LogP contribution >= 0.6 is 11.6 Å². The number of hydrogen-bond acceptors (Lipinski definition) is 7. The van der Waals surface area contributed by atoms with Crippen LogP contribution in [-0.4, -0.2) is 44.1 Å². The zero-order chi connectivity index (χ0) is 31.1. The van der Waals surface area contributed by atoms with Crippen molar-refractivity contribution >= 4 is 23.5 Å². The molecule has 44 heavy (non-hydrogen) atoms. The first-order valence-electron chi connectivity index (χ1n) is 14.6. The van der Waals surface area contributed by atoms with Crippen molar-refractivity contribution in [2.75, 3.05) is 27.3 Å². The van der Waals surface area contributed by atoms with Gasteiger partial charge in [0.2, 0.25) is 0 Å². The molecule has 1 atom stereocenters. The lowest BCUT2D eigenvalue weighted by Gasteiger charge is -2.28. The molecule has 4 aromatic rings. The van der Waals surface area contributed by atoms with Crippen LogP contribution < -0.4 is 4.74 Å². The van der Waals surface area contributed by atoms with Gasteiger partial charge in [-0.05, 0) is 84.6 Å². The summed E-state index contributed by atoms with van der Waals surface area (Å²) in [5, 5.41) is 0.661. The molecule has 0 amide bonds. The predicted molar refractivity (Wildman–Crippen MR) is 171 cm³/mol. The second-order valence-corrected chi connectivity index (χ2v) is 10.8. The van der Waals surface area contributed by atoms with Crippen LogP contribution in [0.15, 0.2) is 103 Å². The third kappa shape index (κ3) is 10.5. The number of esters is 2. The molecule has 0 aliphatic carbocycles. The van der Waals surface area contributed by atoms with Crippen LogP contribution in [0.3, 0.4) is 0 Å². The van der Waals surface area contributed by atoms with Crippen molar-refractivity contribution < 1.29 is 28.5 Å². The molecule has 0 spiro atoms. The van der Waals surface area contributed by atoms with Crippen molar-refractivity contribution in [2.45, 2.75) is 38.5 Å². The van der Waals surface area contributed by atoms with Gasteiger partial charge >= 0.3 is 11.9 Å². The van der Waals surface area contributed by atoms with Crippen LogP contribution in [0.25, 0.3) is 0 Å². The molecule has 0 unspecified atom stereocenters. The number of carbonyl (C=O) groups excluding carboxylic acids is 2. The molecule has 0 aliphatic heterocycles. The van der Waals surface area contributed by atoms with Crippen LogP contribution in [0, 0.1) is 0 Å². The number of halogens is 1. The van der Waals surface area contributed by atoms with Gasteiger partial charge in [-0.1, -0.05) is 66.2 Å². The Bertz CT molecular complexity index is 1440. The van der Waals surface area contributed by atoms with E-state index in [4.69, 9.17) is 30.5 Å². The Morgan fingerprint density at radius 3 is 2.02 bits per heavy atom. The Hall–Kier alpha value is -4.17. The Balaban J connectivity index is 1.44. The fourth-order valence-electron chi connectivity index (χ4n) is 4.71. The van der Waals surface area contributed by atoms with E-state index in [1.165, 1.54) is 14.2 Å². The summed E-state index contributed by atoms with van der Waals surface area (Å²) in [5.41, 5.74) is 3.68. The Labute approximate surface area is 264 Å². The topological polar surface area (TPSA) is 74.3 Å². The Kier molecular flexibility index (Phi) is 12.8. The minimum Gasteiger partial charge on any atom is -0.469 e. The van der Waals surface area contributed by atoms with Gasteiger partial charge in [0.05, 0.1) is 32.5 Å². The molecule has 4 rings (SSSR count). The first-order valence-corrected chi connectivity index (χ1v) is 15.0. The van der Waals surface area contributed by atoms with E-state index in [0.717, 1.165) is 41.8 Å². The molecular formula is C36H38ClNO6. The van der Waals surface area contributed by atoms with E-state index in [1.54, 1.807) is 24.3 Å². The SMILES string of the molecule is COC(=O)CCCCN(Cc1ccc(C(=O)OC)cc1)C[C@H](OCc1ccc(Oc2ccc(Cl)cc2)cc1)c1ccccc1. The standard InChI is InChI=1S/C36H38ClNO6/c1-41-35(39)10-6-7-23-38(24-27-11-15-30(16-12-27)36(40)42-2)25-34(29-8-4-3-5-9-29)43-26-28-13-19-32(20-14-28)44-33-21-17-31(37)18-22-33/h3-5,8-9,11-22,34H,6-7,10,23-26H2,1-2H3/t34-/m0/s1. The largest absolute Gasteiger partial charge is 0.469 e. The molecule has 0 heterocycles. The van der Waals surface area contributed by atoms with Crippen LogP contribution in [0.1, 0.15) is 52.4 Å². The van der Waals surface area contributed by atoms with Gasteiger partial charge in [0.1, 0.15) is 11.5 Å². The highest BCUT2D eigenvalue weighted by molar-refractivity contribution is 6.30. The average Bonchev–Trinajstić information content (AvgIpc) is 3.06. The number of hydrogen-bond donors (Lipinski definition) is 0. The second kappa shape index (κ2) is 17.2. The fourth-order valence-corrected chi connectivity index (χ4v) is 4.84. The van der Waals surface area contributed by atoms with E-state index in [0.29, 0.717) is 42.5 Å². The maximum Gasteiger partial charge on any atom is 0.337 e. The van der Waals surface area contributed by atoms with Crippen molar-refractivity contribution in [1.29, 1.82) is 0 Å². The molecule has 7 nitrogen and oxygen atoms in total. The van der Waals surface area contributed by atoms with Gasteiger partial charge in [-0.2, -0.15) is 0 Å². The van der Waals surface area contributed by atoms with E-state index in [-0.39, 0.29) is 18.0 Å². The molecule has 0 radical (unpaired) electrons. The van der Waals surface area contributed by atoms with Gasteiger partial charge in [-0.15, -0.1) is 0 Å². The van der Waals surface area contributed by atoms with E-state index in [1.807, 2.05) is 66.7 Å². The highest BCUT2D eigenvalue weighted by Crippen LogP contribution is 2.26. The van der Waals surface area contributed by atoms with Gasteiger partial charge in [-0.3, -0.25) is 9.69 Å². The van der Waals surface area contributed by atoms with Crippen molar-refractivity contribution in [2.24, 2.45) is 0 Å². The van der Waals surface area contributed by atoms with E-state index in [2.05, 4.69) is 17.0 Å². The summed E-state index contributed by atoms with van der Waals surface area (Å²) < 4.78 is 22.1. The summed E-state index contributed by atoms with van der Waals surface area (Å²) in [4.78, 5) is 25.9. The molecule has 8 heteroatoms. The van der Waals surface area contributed by atoms with Gasteiger partial charge < -0.3 is 18.9 Å². The molecule has 0 bridgehead atoms. The summed E-state index contributed by atoms with van der Waals surface area (Å²) in [6, 6.07) is 32.7. The van der Waals surface area contributed by atoms with Gasteiger partial charge in [0, 0.05) is 24.5 Å². The second-order valence-electron chi connectivity index (χ2n) is 10.4. The van der Waals surface area contributed by atoms with E-state index >= 15 is 0 Å². The Morgan fingerprint density at radius 1 is 0.750 bits per heavy atom. The van der Waals surface area contributed by atoms with Crippen LogP contribution in [0.5, 0.6) is 11.5 Å². The van der Waals surface area contributed by atoms with Crippen LogP contribution in [-0.2, 0) is 32.2 Å². The lowest BCUT2D eigenvalue weighted by Crippen LogP contribution is -2.30. The number of benzene rings is 4. The Morgan fingerprint density at radius 2 is 1.39 bits per heavy atom. The number of nitrogens with zero attached hydrogens (tertiary/aromatic N) is 1. The summed E-state index contributed by atoms with van der Waals surface area (Å²) in [6.07, 6.45) is 1.74. The fraction of sp³-hybridized carbons (Fsp3) is 0.278. The monoisotopic (exact) mass is 615 g/mol. The lowest BCUT2D eigenvalue weighted by molar-refractivity contribution is -0.140. The number of methoxy groups -OCH3 is 2. The van der Waals surface area contributed by atoms with Crippen molar-refractivity contribution in [3.63, 3.8) is 0 Å². The predicted octanol–water partition coefficient (Wildman–Crippen LogP) is 8.02. The summed E-state index contributed by atoms with van der Waals surface area (Å²) in [5.74, 6) is 0.879. The smallest absolute Gasteiger partial charge is 0.337 e. The quantitative estimate of drug-likeness (QED) is 0.0933. The molecule has 230 valence electrons. The molecule has 0 N–H and O–H groups in total. The number of unbranched alkanes of at least 4 members (excludes halogenated alkanes) is 1. The number of rotatable bonds is 16.